The maximum Gasteiger partial charge on any atom is 0.327 e. The van der Waals surface area contributed by atoms with E-state index in [1.807, 2.05) is 6.07 Å². The smallest absolute Gasteiger partial charge is 0.327 e. The molecule has 1 N–H and O–H groups in total. The lowest BCUT2D eigenvalue weighted by Crippen LogP contribution is -2.03. The predicted molar refractivity (Wildman–Crippen MR) is 53.9 cm³/mol. The van der Waals surface area contributed by atoms with E-state index in [2.05, 4.69) is 6.58 Å². The predicted octanol–water partition coefficient (Wildman–Crippen LogP) is 1.50. The second kappa shape index (κ2) is 12.2. The molecule has 0 aliphatic carbocycles. The number of aliphatic carboxylic acids is 1. The molecular formula is C10H15NO4. The number of carbonyl (C=O) groups is 2. The Morgan fingerprint density at radius 3 is 2.47 bits per heavy atom. The van der Waals surface area contributed by atoms with Gasteiger partial charge in [0, 0.05) is 18.9 Å². The summed E-state index contributed by atoms with van der Waals surface area (Å²) in [5.41, 5.74) is 0. The number of rotatable bonds is 5. The Labute approximate surface area is 89.0 Å². The largest absolute Gasteiger partial charge is 0.478 e. The molecule has 0 saturated carbocycles. The zero-order chi connectivity index (χ0) is 12.1. The van der Waals surface area contributed by atoms with Gasteiger partial charge >= 0.3 is 11.9 Å². The fraction of sp³-hybridized carbons (Fsp3) is 0.500. The molecule has 84 valence electrons. The molecule has 5 heteroatoms. The average molecular weight is 213 g/mol. The van der Waals surface area contributed by atoms with Gasteiger partial charge in [-0.25, -0.2) is 4.79 Å². The Hall–Kier alpha value is -1.83. The molecule has 0 amide bonds. The van der Waals surface area contributed by atoms with Gasteiger partial charge in [0.1, 0.15) is 0 Å². The van der Waals surface area contributed by atoms with Gasteiger partial charge in [0.2, 0.25) is 0 Å². The number of carboxylic acids is 1. The van der Waals surface area contributed by atoms with E-state index in [9.17, 15) is 9.59 Å². The van der Waals surface area contributed by atoms with Gasteiger partial charge in [-0.15, -0.1) is 0 Å². The Kier molecular flexibility index (Phi) is 12.7. The fourth-order valence-electron chi connectivity index (χ4n) is 0.439. The van der Waals surface area contributed by atoms with Crippen LogP contribution in [0.4, 0.5) is 0 Å². The van der Waals surface area contributed by atoms with E-state index in [1.54, 1.807) is 6.92 Å². The zero-order valence-corrected chi connectivity index (χ0v) is 8.73. The number of ether oxygens (including phenoxy) is 1. The van der Waals surface area contributed by atoms with Gasteiger partial charge in [-0.3, -0.25) is 4.79 Å². The van der Waals surface area contributed by atoms with Gasteiger partial charge in [-0.1, -0.05) is 13.5 Å². The molecule has 0 unspecified atom stereocenters. The maximum absolute atomic E-state index is 10.5. The molecule has 0 heterocycles. The molecule has 15 heavy (non-hydrogen) atoms. The molecule has 0 aromatic rings. The summed E-state index contributed by atoms with van der Waals surface area (Å²) in [6.45, 7) is 5.08. The molecule has 0 fully saturated rings. The molecule has 0 rings (SSSR count). The third kappa shape index (κ3) is 18.9. The number of unbranched alkanes of at least 4 members (excludes halogenated alkanes) is 1. The van der Waals surface area contributed by atoms with Gasteiger partial charge in [-0.05, 0) is 6.42 Å². The lowest BCUT2D eigenvalue weighted by Gasteiger charge is -1.98. The minimum Gasteiger partial charge on any atom is -0.478 e. The quantitative estimate of drug-likeness (QED) is 0.424. The van der Waals surface area contributed by atoms with Crippen LogP contribution in [0.3, 0.4) is 0 Å². The van der Waals surface area contributed by atoms with Gasteiger partial charge in [0.15, 0.2) is 0 Å². The topological polar surface area (TPSA) is 87.4 Å². The number of hydrogen-bond donors (Lipinski definition) is 1. The van der Waals surface area contributed by atoms with Crippen LogP contribution in [0.2, 0.25) is 0 Å². The van der Waals surface area contributed by atoms with Crippen LogP contribution in [-0.4, -0.2) is 23.7 Å². The van der Waals surface area contributed by atoms with Crippen molar-refractivity contribution < 1.29 is 19.4 Å². The van der Waals surface area contributed by atoms with Crippen LogP contribution in [0.1, 0.15) is 26.2 Å². The van der Waals surface area contributed by atoms with Crippen molar-refractivity contribution in [1.82, 2.24) is 0 Å². The van der Waals surface area contributed by atoms with E-state index in [4.69, 9.17) is 15.1 Å². The van der Waals surface area contributed by atoms with Crippen LogP contribution >= 0.6 is 0 Å². The van der Waals surface area contributed by atoms with Gasteiger partial charge in [0.05, 0.1) is 12.7 Å². The van der Waals surface area contributed by atoms with E-state index in [-0.39, 0.29) is 5.97 Å². The first-order valence-corrected chi connectivity index (χ1v) is 4.46. The van der Waals surface area contributed by atoms with Crippen molar-refractivity contribution in [2.75, 3.05) is 6.61 Å². The summed E-state index contributed by atoms with van der Waals surface area (Å²) in [5, 5.41) is 15.7. The van der Waals surface area contributed by atoms with Crippen molar-refractivity contribution in [3.63, 3.8) is 0 Å². The van der Waals surface area contributed by atoms with E-state index in [1.165, 1.54) is 0 Å². The number of esters is 1. The van der Waals surface area contributed by atoms with Crippen molar-refractivity contribution in [1.29, 1.82) is 5.26 Å². The summed E-state index contributed by atoms with van der Waals surface area (Å²) < 4.78 is 4.70. The zero-order valence-electron chi connectivity index (χ0n) is 8.73. The van der Waals surface area contributed by atoms with Crippen LogP contribution in [0.15, 0.2) is 12.7 Å². The molecule has 0 aliphatic heterocycles. The van der Waals surface area contributed by atoms with Crippen LogP contribution in [0, 0.1) is 11.3 Å². The molecule has 5 nitrogen and oxygen atoms in total. The summed E-state index contributed by atoms with van der Waals surface area (Å²) in [4.78, 5) is 19.7. The number of hydrogen-bond acceptors (Lipinski definition) is 4. The minimum atomic E-state index is -0.981. The number of carboxylic acid groups (broad SMARTS) is 1. The SMILES string of the molecule is C=CC(=O)O.CCC(=O)OCCCC#N. The van der Waals surface area contributed by atoms with Crippen LogP contribution in [-0.2, 0) is 14.3 Å². The van der Waals surface area contributed by atoms with E-state index in [0.29, 0.717) is 25.9 Å². The highest BCUT2D eigenvalue weighted by Gasteiger charge is 1.95. The van der Waals surface area contributed by atoms with Crippen molar-refractivity contribution in [3.8, 4) is 6.07 Å². The van der Waals surface area contributed by atoms with Crippen LogP contribution < -0.4 is 0 Å². The van der Waals surface area contributed by atoms with Crippen LogP contribution in [0.25, 0.3) is 0 Å². The Balaban J connectivity index is 0. The molecule has 0 spiro atoms. The highest BCUT2D eigenvalue weighted by molar-refractivity contribution is 5.78. The lowest BCUT2D eigenvalue weighted by molar-refractivity contribution is -0.143. The molecule has 0 aromatic carbocycles. The Morgan fingerprint density at radius 2 is 2.13 bits per heavy atom. The molecule has 0 aromatic heterocycles. The van der Waals surface area contributed by atoms with Gasteiger partial charge in [-0.2, -0.15) is 5.26 Å². The standard InChI is InChI=1S/C7H11NO2.C3H4O2/c1-2-7(9)10-6-4-3-5-8;1-2-3(4)5/h2-4,6H2,1H3;2H,1H2,(H,4,5). The second-order valence-corrected chi connectivity index (χ2v) is 2.38. The van der Waals surface area contributed by atoms with E-state index in [0.717, 1.165) is 6.08 Å². The fourth-order valence-corrected chi connectivity index (χ4v) is 0.439. The Morgan fingerprint density at radius 1 is 1.60 bits per heavy atom. The monoisotopic (exact) mass is 213 g/mol. The third-order valence-electron chi connectivity index (χ3n) is 1.16. The van der Waals surface area contributed by atoms with Crippen molar-refractivity contribution in [3.05, 3.63) is 12.7 Å². The van der Waals surface area contributed by atoms with Crippen molar-refractivity contribution >= 4 is 11.9 Å². The molecule has 0 radical (unpaired) electrons. The molecule has 0 bridgehead atoms. The highest BCUT2D eigenvalue weighted by atomic mass is 16.5. The highest BCUT2D eigenvalue weighted by Crippen LogP contribution is 1.90. The van der Waals surface area contributed by atoms with E-state index < -0.39 is 5.97 Å². The number of carbonyl (C=O) groups excluding carboxylic acids is 1. The van der Waals surface area contributed by atoms with Gasteiger partial charge < -0.3 is 9.84 Å². The first kappa shape index (κ1) is 15.6. The van der Waals surface area contributed by atoms with Crippen molar-refractivity contribution in [2.45, 2.75) is 26.2 Å². The maximum atomic E-state index is 10.5. The second-order valence-electron chi connectivity index (χ2n) is 2.38. The Bertz CT molecular complexity index is 242. The number of nitriles is 1. The minimum absolute atomic E-state index is 0.196. The third-order valence-corrected chi connectivity index (χ3v) is 1.16. The summed E-state index contributed by atoms with van der Waals surface area (Å²) in [7, 11) is 0. The lowest BCUT2D eigenvalue weighted by atomic mass is 10.3. The molecule has 0 saturated heterocycles. The van der Waals surface area contributed by atoms with Crippen molar-refractivity contribution in [2.24, 2.45) is 0 Å². The summed E-state index contributed by atoms with van der Waals surface area (Å²) in [5.74, 6) is -1.18. The first-order valence-electron chi connectivity index (χ1n) is 4.46. The first-order chi connectivity index (χ1) is 7.08. The summed E-state index contributed by atoms with van der Waals surface area (Å²) in [6.07, 6.45) is 2.34. The van der Waals surface area contributed by atoms with Gasteiger partial charge in [0.25, 0.3) is 0 Å². The van der Waals surface area contributed by atoms with E-state index >= 15 is 0 Å². The molecule has 0 atom stereocenters. The number of nitrogens with zero attached hydrogens (tertiary/aromatic N) is 1. The van der Waals surface area contributed by atoms with Crippen LogP contribution in [0.5, 0.6) is 0 Å². The average Bonchev–Trinajstić information content (AvgIpc) is 2.24. The summed E-state index contributed by atoms with van der Waals surface area (Å²) >= 11 is 0. The molecular weight excluding hydrogens is 198 g/mol. The normalized spacial score (nSPS) is 7.73. The molecule has 0 aliphatic rings. The summed E-state index contributed by atoms with van der Waals surface area (Å²) in [6, 6.07) is 1.97.